The minimum absolute atomic E-state index is 0.0226. The van der Waals surface area contributed by atoms with E-state index < -0.39 is 0 Å². The molecule has 0 aliphatic carbocycles. The van der Waals surface area contributed by atoms with E-state index in [1.54, 1.807) is 11.9 Å². The fourth-order valence-corrected chi connectivity index (χ4v) is 2.54. The molecule has 2 heterocycles. The number of likely N-dealkylation sites (tertiary alicyclic amines) is 1. The summed E-state index contributed by atoms with van der Waals surface area (Å²) in [7, 11) is 1.79. The smallest absolute Gasteiger partial charge is 0.223 e. The summed E-state index contributed by atoms with van der Waals surface area (Å²) < 4.78 is 5.50. The van der Waals surface area contributed by atoms with Gasteiger partial charge in [0.15, 0.2) is 0 Å². The summed E-state index contributed by atoms with van der Waals surface area (Å²) in [6.07, 6.45) is 4.54. The molecule has 102 valence electrons. The molecule has 2 saturated heterocycles. The van der Waals surface area contributed by atoms with Gasteiger partial charge in [-0.3, -0.25) is 9.59 Å². The van der Waals surface area contributed by atoms with Crippen molar-refractivity contribution in [3.05, 3.63) is 0 Å². The predicted octanol–water partition coefficient (Wildman–Crippen LogP) is 0.540. The van der Waals surface area contributed by atoms with Crippen molar-refractivity contribution in [2.75, 3.05) is 26.7 Å². The van der Waals surface area contributed by atoms with E-state index in [2.05, 4.69) is 5.32 Å². The first-order valence-electron chi connectivity index (χ1n) is 6.80. The molecule has 18 heavy (non-hydrogen) atoms. The van der Waals surface area contributed by atoms with Gasteiger partial charge < -0.3 is 15.0 Å². The second kappa shape index (κ2) is 6.18. The number of nitrogens with one attached hydrogen (secondary N) is 1. The number of ether oxygens (including phenoxy) is 1. The Morgan fingerprint density at radius 3 is 3.00 bits per heavy atom. The van der Waals surface area contributed by atoms with E-state index in [1.807, 2.05) is 0 Å². The zero-order valence-corrected chi connectivity index (χ0v) is 11.0. The molecule has 0 aromatic rings. The van der Waals surface area contributed by atoms with Crippen LogP contribution in [0.25, 0.3) is 0 Å². The Balaban J connectivity index is 1.66. The number of amides is 2. The third kappa shape index (κ3) is 3.45. The lowest BCUT2D eigenvalue weighted by Gasteiger charge is -2.28. The molecule has 2 rings (SSSR count). The Morgan fingerprint density at radius 1 is 1.50 bits per heavy atom. The van der Waals surface area contributed by atoms with Gasteiger partial charge in [0.2, 0.25) is 11.8 Å². The lowest BCUT2D eigenvalue weighted by Crippen LogP contribution is -2.42. The van der Waals surface area contributed by atoms with Crippen LogP contribution < -0.4 is 5.32 Å². The molecular weight excluding hydrogens is 232 g/mol. The maximum atomic E-state index is 11.9. The van der Waals surface area contributed by atoms with Crippen LogP contribution in [0.5, 0.6) is 0 Å². The van der Waals surface area contributed by atoms with Gasteiger partial charge in [-0.2, -0.15) is 0 Å². The number of rotatable bonds is 4. The summed E-state index contributed by atoms with van der Waals surface area (Å²) in [4.78, 5) is 25.1. The maximum Gasteiger partial charge on any atom is 0.223 e. The monoisotopic (exact) mass is 254 g/mol. The highest BCUT2D eigenvalue weighted by molar-refractivity contribution is 5.86. The van der Waals surface area contributed by atoms with E-state index >= 15 is 0 Å². The SMILES string of the molecule is CN1CC[C@@H](C(=O)NCC[C@@H]2CCCO2)CC1=O. The molecule has 5 heteroatoms. The van der Waals surface area contributed by atoms with Gasteiger partial charge in [-0.05, 0) is 25.7 Å². The molecule has 2 aliphatic rings. The fourth-order valence-electron chi connectivity index (χ4n) is 2.54. The van der Waals surface area contributed by atoms with Crippen LogP contribution in [0.3, 0.4) is 0 Å². The highest BCUT2D eigenvalue weighted by Gasteiger charge is 2.28. The summed E-state index contributed by atoms with van der Waals surface area (Å²) in [5.41, 5.74) is 0. The molecular formula is C13H22N2O3. The van der Waals surface area contributed by atoms with E-state index in [0.29, 0.717) is 25.6 Å². The molecule has 2 fully saturated rings. The van der Waals surface area contributed by atoms with Gasteiger partial charge in [-0.1, -0.05) is 0 Å². The lowest BCUT2D eigenvalue weighted by atomic mass is 9.95. The van der Waals surface area contributed by atoms with Crippen molar-refractivity contribution < 1.29 is 14.3 Å². The number of carbonyl (C=O) groups is 2. The number of carbonyl (C=O) groups excluding carboxylic acids is 2. The molecule has 0 aromatic heterocycles. The number of hydrogen-bond donors (Lipinski definition) is 1. The van der Waals surface area contributed by atoms with E-state index in [-0.39, 0.29) is 17.7 Å². The molecule has 5 nitrogen and oxygen atoms in total. The number of nitrogens with zero attached hydrogens (tertiary/aromatic N) is 1. The first kappa shape index (κ1) is 13.3. The number of piperidine rings is 1. The van der Waals surface area contributed by atoms with Crippen molar-refractivity contribution in [2.24, 2.45) is 5.92 Å². The molecule has 0 bridgehead atoms. The second-order valence-electron chi connectivity index (χ2n) is 5.22. The fraction of sp³-hybridized carbons (Fsp3) is 0.846. The van der Waals surface area contributed by atoms with Gasteiger partial charge >= 0.3 is 0 Å². The number of hydrogen-bond acceptors (Lipinski definition) is 3. The molecule has 2 atom stereocenters. The van der Waals surface area contributed by atoms with Gasteiger partial charge in [0, 0.05) is 39.1 Å². The molecule has 0 saturated carbocycles. The summed E-state index contributed by atoms with van der Waals surface area (Å²) >= 11 is 0. The summed E-state index contributed by atoms with van der Waals surface area (Å²) in [5, 5.41) is 2.92. The van der Waals surface area contributed by atoms with Crippen LogP contribution in [0.1, 0.15) is 32.1 Å². The van der Waals surface area contributed by atoms with Gasteiger partial charge in [-0.25, -0.2) is 0 Å². The van der Waals surface area contributed by atoms with Crippen LogP contribution in [0.15, 0.2) is 0 Å². The Labute approximate surface area is 108 Å². The van der Waals surface area contributed by atoms with E-state index in [1.165, 1.54) is 0 Å². The largest absolute Gasteiger partial charge is 0.378 e. The van der Waals surface area contributed by atoms with Crippen molar-refractivity contribution >= 4 is 11.8 Å². The molecule has 0 aromatic carbocycles. The zero-order valence-electron chi connectivity index (χ0n) is 11.0. The molecule has 0 spiro atoms. The highest BCUT2D eigenvalue weighted by atomic mass is 16.5. The minimum Gasteiger partial charge on any atom is -0.378 e. The summed E-state index contributed by atoms with van der Waals surface area (Å²) in [5.74, 6) is -0.0480. The molecule has 1 N–H and O–H groups in total. The Hall–Kier alpha value is -1.10. The van der Waals surface area contributed by atoms with Crippen molar-refractivity contribution in [1.29, 1.82) is 0 Å². The third-order valence-corrected chi connectivity index (χ3v) is 3.82. The normalized spacial score (nSPS) is 28.5. The quantitative estimate of drug-likeness (QED) is 0.796. The van der Waals surface area contributed by atoms with Crippen LogP contribution in [-0.4, -0.2) is 49.6 Å². The second-order valence-corrected chi connectivity index (χ2v) is 5.22. The minimum atomic E-state index is -0.141. The molecule has 2 aliphatic heterocycles. The van der Waals surface area contributed by atoms with Gasteiger partial charge in [0.05, 0.1) is 6.10 Å². The van der Waals surface area contributed by atoms with Crippen molar-refractivity contribution in [3.8, 4) is 0 Å². The summed E-state index contributed by atoms with van der Waals surface area (Å²) in [6.45, 7) is 2.19. The Morgan fingerprint density at radius 2 is 2.33 bits per heavy atom. The van der Waals surface area contributed by atoms with Crippen molar-refractivity contribution in [3.63, 3.8) is 0 Å². The summed E-state index contributed by atoms with van der Waals surface area (Å²) in [6, 6.07) is 0. The average molecular weight is 254 g/mol. The Bertz CT molecular complexity index is 313. The van der Waals surface area contributed by atoms with E-state index in [4.69, 9.17) is 4.74 Å². The zero-order chi connectivity index (χ0) is 13.0. The highest BCUT2D eigenvalue weighted by Crippen LogP contribution is 2.18. The third-order valence-electron chi connectivity index (χ3n) is 3.82. The predicted molar refractivity (Wildman–Crippen MR) is 67.0 cm³/mol. The first-order valence-corrected chi connectivity index (χ1v) is 6.80. The van der Waals surface area contributed by atoms with E-state index in [9.17, 15) is 9.59 Å². The van der Waals surface area contributed by atoms with Gasteiger partial charge in [-0.15, -0.1) is 0 Å². The molecule has 2 amide bonds. The van der Waals surface area contributed by atoms with Gasteiger partial charge in [0.25, 0.3) is 0 Å². The van der Waals surface area contributed by atoms with Crippen LogP contribution >= 0.6 is 0 Å². The van der Waals surface area contributed by atoms with Crippen LogP contribution in [-0.2, 0) is 14.3 Å². The van der Waals surface area contributed by atoms with E-state index in [0.717, 1.165) is 32.3 Å². The first-order chi connectivity index (χ1) is 8.66. The molecule has 0 radical (unpaired) electrons. The van der Waals surface area contributed by atoms with Crippen LogP contribution in [0.4, 0.5) is 0 Å². The lowest BCUT2D eigenvalue weighted by molar-refractivity contribution is -0.139. The average Bonchev–Trinajstić information content (AvgIpc) is 2.85. The standard InChI is InChI=1S/C13H22N2O3/c1-15-7-5-10(9-12(15)16)13(17)14-6-4-11-3-2-8-18-11/h10-11H,2-9H2,1H3,(H,14,17)/t10-,11+/m1/s1. The maximum absolute atomic E-state index is 11.9. The van der Waals surface area contributed by atoms with Crippen LogP contribution in [0.2, 0.25) is 0 Å². The topological polar surface area (TPSA) is 58.6 Å². The van der Waals surface area contributed by atoms with Crippen LogP contribution in [0, 0.1) is 5.92 Å². The molecule has 0 unspecified atom stereocenters. The van der Waals surface area contributed by atoms with Gasteiger partial charge in [0.1, 0.15) is 0 Å². The van der Waals surface area contributed by atoms with Crippen molar-refractivity contribution in [2.45, 2.75) is 38.2 Å². The Kier molecular flexibility index (Phi) is 4.58. The van der Waals surface area contributed by atoms with Crippen molar-refractivity contribution in [1.82, 2.24) is 10.2 Å².